The number of nitrogens with zero attached hydrogens (tertiary/aromatic N) is 3. The summed E-state index contributed by atoms with van der Waals surface area (Å²) >= 11 is 0. The Morgan fingerprint density at radius 1 is 1.10 bits per heavy atom. The number of phenols is 3. The Hall–Kier alpha value is -3.50. The van der Waals surface area contributed by atoms with Crippen molar-refractivity contribution in [1.29, 1.82) is 21.2 Å². The first kappa shape index (κ1) is 14.6. The maximum atomic E-state index is 9.33. The van der Waals surface area contributed by atoms with E-state index in [-0.39, 0.29) is 11.1 Å². The second kappa shape index (κ2) is 5.90. The molecule has 0 aliphatic rings. The molecule has 1 aromatic carbocycles. The summed E-state index contributed by atoms with van der Waals surface area (Å²) in [7, 11) is 0. The summed E-state index contributed by atoms with van der Waals surface area (Å²) in [6.07, 6.45) is 1.11. The molecule has 0 atom stereocenters. The minimum Gasteiger partial charge on any atom is -0.504 e. The van der Waals surface area contributed by atoms with Gasteiger partial charge < -0.3 is 20.7 Å². The third kappa shape index (κ3) is 2.84. The summed E-state index contributed by atoms with van der Waals surface area (Å²) in [6.45, 7) is 0. The van der Waals surface area contributed by atoms with Gasteiger partial charge in [-0.3, -0.25) is 0 Å². The second-order valence-electron chi connectivity index (χ2n) is 3.68. The van der Waals surface area contributed by atoms with Crippen LogP contribution >= 0.6 is 0 Å². The lowest BCUT2D eigenvalue weighted by Crippen LogP contribution is -2.11. The van der Waals surface area contributed by atoms with Gasteiger partial charge in [0.25, 0.3) is 0 Å². The van der Waals surface area contributed by atoms with E-state index in [0.29, 0.717) is 0 Å². The molecular weight excluding hydrogens is 260 g/mol. The summed E-state index contributed by atoms with van der Waals surface area (Å²) in [5.41, 5.74) is -0.610. The van der Waals surface area contributed by atoms with Crippen LogP contribution in [0, 0.1) is 45.3 Å². The van der Waals surface area contributed by atoms with Crippen molar-refractivity contribution in [3.05, 3.63) is 23.3 Å². The van der Waals surface area contributed by atoms with Crippen molar-refractivity contribution in [2.75, 3.05) is 0 Å². The van der Waals surface area contributed by atoms with Crippen LogP contribution in [0.2, 0.25) is 0 Å². The number of allylic oxidation sites excluding steroid dienone is 1. The maximum absolute atomic E-state index is 9.33. The average Bonchev–Trinajstić information content (AvgIpc) is 2.43. The van der Waals surface area contributed by atoms with E-state index < -0.39 is 28.9 Å². The van der Waals surface area contributed by atoms with Crippen molar-refractivity contribution in [3.63, 3.8) is 0 Å². The maximum Gasteiger partial charge on any atom is 0.200 e. The molecule has 0 saturated heterocycles. The number of hydrogen-bond acceptors (Lipinski definition) is 7. The first-order chi connectivity index (χ1) is 9.44. The average molecular weight is 268 g/mol. The number of nitriles is 3. The molecular formula is C13H8N4O3. The second-order valence-corrected chi connectivity index (χ2v) is 3.68. The predicted molar refractivity (Wildman–Crippen MR) is 67.5 cm³/mol. The Labute approximate surface area is 114 Å². The van der Waals surface area contributed by atoms with Crippen LogP contribution in [0.3, 0.4) is 0 Å². The zero-order valence-corrected chi connectivity index (χ0v) is 9.99. The highest BCUT2D eigenvalue weighted by Crippen LogP contribution is 2.36. The van der Waals surface area contributed by atoms with Crippen LogP contribution in [0.15, 0.2) is 17.7 Å². The van der Waals surface area contributed by atoms with Crippen LogP contribution in [0.25, 0.3) is 6.08 Å². The Kier molecular flexibility index (Phi) is 4.30. The first-order valence-corrected chi connectivity index (χ1v) is 5.19. The Morgan fingerprint density at radius 3 is 2.00 bits per heavy atom. The van der Waals surface area contributed by atoms with Crippen molar-refractivity contribution in [2.45, 2.75) is 0 Å². The van der Waals surface area contributed by atoms with Gasteiger partial charge in [-0.2, -0.15) is 15.8 Å². The smallest absolute Gasteiger partial charge is 0.200 e. The molecule has 7 nitrogen and oxygen atoms in total. The van der Waals surface area contributed by atoms with E-state index in [9.17, 15) is 15.3 Å². The van der Waals surface area contributed by atoms with Crippen molar-refractivity contribution >= 4 is 11.8 Å². The zero-order chi connectivity index (χ0) is 15.3. The van der Waals surface area contributed by atoms with Crippen molar-refractivity contribution in [1.82, 2.24) is 0 Å². The fraction of sp³-hybridized carbons (Fsp3) is 0.0769. The number of nitrogens with one attached hydrogen (secondary N) is 1. The lowest BCUT2D eigenvalue weighted by molar-refractivity contribution is 0.368. The molecule has 0 aliphatic heterocycles. The Morgan fingerprint density at radius 2 is 1.60 bits per heavy atom. The molecule has 98 valence electrons. The van der Waals surface area contributed by atoms with Gasteiger partial charge in [-0.15, -0.1) is 0 Å². The van der Waals surface area contributed by atoms with Crippen LogP contribution in [-0.4, -0.2) is 21.0 Å². The molecule has 0 fully saturated rings. The van der Waals surface area contributed by atoms with Crippen molar-refractivity contribution in [3.8, 4) is 35.5 Å². The van der Waals surface area contributed by atoms with E-state index >= 15 is 0 Å². The van der Waals surface area contributed by atoms with Gasteiger partial charge in [-0.1, -0.05) is 0 Å². The van der Waals surface area contributed by atoms with Gasteiger partial charge in [0.2, 0.25) is 0 Å². The topological polar surface area (TPSA) is 156 Å². The normalized spacial score (nSPS) is 10.4. The molecule has 20 heavy (non-hydrogen) atoms. The third-order valence-electron chi connectivity index (χ3n) is 2.36. The van der Waals surface area contributed by atoms with Gasteiger partial charge in [0, 0.05) is 0 Å². The molecule has 0 unspecified atom stereocenters. The van der Waals surface area contributed by atoms with Gasteiger partial charge in [-0.05, 0) is 23.8 Å². The van der Waals surface area contributed by atoms with Crippen molar-refractivity contribution < 1.29 is 15.3 Å². The lowest BCUT2D eigenvalue weighted by atomic mass is 9.98. The van der Waals surface area contributed by atoms with Gasteiger partial charge in [0.1, 0.15) is 6.07 Å². The molecule has 4 N–H and O–H groups in total. The highest BCUT2D eigenvalue weighted by atomic mass is 16.3. The molecule has 1 rings (SSSR count). The van der Waals surface area contributed by atoms with Gasteiger partial charge in [0.05, 0.1) is 23.4 Å². The molecule has 0 radical (unpaired) electrons. The standard InChI is InChI=1S/C13H8N4O3/c14-4-8(12(17)9(5-15)6-16)1-7-2-10(18)13(20)11(19)3-7/h1-3,9,17-20H/b8-1+,17-12?. The van der Waals surface area contributed by atoms with Crippen molar-refractivity contribution in [2.24, 2.45) is 5.92 Å². The Balaban J connectivity index is 3.28. The molecule has 1 aromatic rings. The first-order valence-electron chi connectivity index (χ1n) is 5.19. The summed E-state index contributed by atoms with van der Waals surface area (Å²) in [4.78, 5) is 0. The Bertz CT molecular complexity index is 680. The van der Waals surface area contributed by atoms with Crippen LogP contribution in [0.5, 0.6) is 17.2 Å². The molecule has 0 aliphatic carbocycles. The largest absolute Gasteiger partial charge is 0.504 e. The van der Waals surface area contributed by atoms with Gasteiger partial charge in [0.15, 0.2) is 23.2 Å². The molecule has 7 heteroatoms. The highest BCUT2D eigenvalue weighted by Gasteiger charge is 2.17. The molecule has 0 aromatic heterocycles. The summed E-state index contributed by atoms with van der Waals surface area (Å²) < 4.78 is 0. The minimum absolute atomic E-state index is 0.133. The number of rotatable bonds is 3. The van der Waals surface area contributed by atoms with Gasteiger partial charge in [-0.25, -0.2) is 0 Å². The SMILES string of the molecule is N#C/C(=C\c1cc(O)c(O)c(O)c1)C(=N)C(C#N)C#N. The lowest BCUT2D eigenvalue weighted by Gasteiger charge is -2.04. The monoisotopic (exact) mass is 268 g/mol. The highest BCUT2D eigenvalue weighted by molar-refractivity contribution is 6.08. The fourth-order valence-electron chi connectivity index (χ4n) is 1.36. The van der Waals surface area contributed by atoms with Crippen LogP contribution in [0.1, 0.15) is 5.56 Å². The number of aromatic hydroxyl groups is 3. The van der Waals surface area contributed by atoms with E-state index in [2.05, 4.69) is 0 Å². The summed E-state index contributed by atoms with van der Waals surface area (Å²) in [6, 6.07) is 6.92. The van der Waals surface area contributed by atoms with E-state index in [1.807, 2.05) is 0 Å². The van der Waals surface area contributed by atoms with Crippen LogP contribution < -0.4 is 0 Å². The molecule has 0 spiro atoms. The molecule has 0 amide bonds. The van der Waals surface area contributed by atoms with Crippen LogP contribution in [0.4, 0.5) is 0 Å². The molecule has 0 saturated carbocycles. The molecule has 0 bridgehead atoms. The van der Waals surface area contributed by atoms with E-state index in [1.165, 1.54) is 0 Å². The fourth-order valence-corrected chi connectivity index (χ4v) is 1.36. The van der Waals surface area contributed by atoms with E-state index in [1.54, 1.807) is 18.2 Å². The van der Waals surface area contributed by atoms with E-state index in [4.69, 9.17) is 21.2 Å². The zero-order valence-electron chi connectivity index (χ0n) is 9.99. The summed E-state index contributed by atoms with van der Waals surface area (Å²) in [5.74, 6) is -3.29. The third-order valence-corrected chi connectivity index (χ3v) is 2.36. The molecule has 0 heterocycles. The van der Waals surface area contributed by atoms with Gasteiger partial charge >= 0.3 is 0 Å². The number of phenolic OH excluding ortho intramolecular Hbond substituents is 3. The number of benzene rings is 1. The predicted octanol–water partition coefficient (Wildman–Crippen LogP) is 1.39. The van der Waals surface area contributed by atoms with E-state index in [0.717, 1.165) is 18.2 Å². The summed E-state index contributed by atoms with van der Waals surface area (Å²) in [5, 5.41) is 61.7. The van der Waals surface area contributed by atoms with Crippen LogP contribution in [-0.2, 0) is 0 Å². The number of hydrogen-bond donors (Lipinski definition) is 4. The quantitative estimate of drug-likeness (QED) is 0.368. The minimum atomic E-state index is -1.39.